The number of carbonyl (C=O) groups is 6. The van der Waals surface area contributed by atoms with Crippen LogP contribution in [0.5, 0.6) is 0 Å². The lowest BCUT2D eigenvalue weighted by molar-refractivity contribution is -0.145. The first kappa shape index (κ1) is 30.3. The van der Waals surface area contributed by atoms with Crippen LogP contribution in [-0.4, -0.2) is 90.1 Å². The maximum Gasteiger partial charge on any atom is 0.326 e. The topological polar surface area (TPSA) is 270 Å². The van der Waals surface area contributed by atoms with Gasteiger partial charge in [0.1, 0.15) is 18.1 Å². The Labute approximate surface area is 231 Å². The third-order valence-electron chi connectivity index (χ3n) is 6.07. The number of carbonyl (C=O) groups excluding carboxylic acids is 3. The molecule has 4 atom stereocenters. The van der Waals surface area contributed by atoms with Crippen molar-refractivity contribution in [3.8, 4) is 0 Å². The number of aromatic nitrogens is 3. The molecule has 218 valence electrons. The van der Waals surface area contributed by atoms with Crippen LogP contribution in [0, 0.1) is 0 Å². The maximum atomic E-state index is 13.0. The number of rotatable bonds is 15. The van der Waals surface area contributed by atoms with Crippen molar-refractivity contribution >= 4 is 46.5 Å². The number of carboxylic acid groups (broad SMARTS) is 3. The molecule has 16 heteroatoms. The van der Waals surface area contributed by atoms with E-state index in [1.807, 2.05) is 18.2 Å². The van der Waals surface area contributed by atoms with Gasteiger partial charge in [-0.15, -0.1) is 0 Å². The van der Waals surface area contributed by atoms with Crippen molar-refractivity contribution in [2.24, 2.45) is 5.73 Å². The van der Waals surface area contributed by atoms with Crippen LogP contribution in [0.1, 0.15) is 24.1 Å². The number of benzene rings is 1. The highest BCUT2D eigenvalue weighted by Gasteiger charge is 2.33. The monoisotopic (exact) mass is 571 g/mol. The Hall–Kier alpha value is -5.25. The molecule has 0 aliphatic carbocycles. The summed E-state index contributed by atoms with van der Waals surface area (Å²) in [7, 11) is 0. The Morgan fingerprint density at radius 1 is 0.805 bits per heavy atom. The lowest BCUT2D eigenvalue weighted by Gasteiger charge is -2.24. The third-order valence-corrected chi connectivity index (χ3v) is 6.07. The number of amides is 3. The zero-order valence-corrected chi connectivity index (χ0v) is 21.5. The minimum absolute atomic E-state index is 0.0498. The van der Waals surface area contributed by atoms with Crippen molar-refractivity contribution in [3.05, 3.63) is 54.2 Å². The molecule has 4 unspecified atom stereocenters. The predicted molar refractivity (Wildman–Crippen MR) is 140 cm³/mol. The van der Waals surface area contributed by atoms with E-state index in [2.05, 4.69) is 30.9 Å². The molecule has 0 saturated heterocycles. The maximum absolute atomic E-state index is 13.0. The van der Waals surface area contributed by atoms with Crippen LogP contribution < -0.4 is 21.7 Å². The molecule has 16 nitrogen and oxygen atoms in total. The van der Waals surface area contributed by atoms with Gasteiger partial charge in [-0.3, -0.25) is 24.0 Å². The number of aromatic amines is 2. The fourth-order valence-electron chi connectivity index (χ4n) is 4.04. The summed E-state index contributed by atoms with van der Waals surface area (Å²) in [5, 5.41) is 35.3. The highest BCUT2D eigenvalue weighted by atomic mass is 16.4. The van der Waals surface area contributed by atoms with E-state index in [-0.39, 0.29) is 12.8 Å². The number of hydrogen-bond acceptors (Lipinski definition) is 8. The molecule has 0 fully saturated rings. The minimum atomic E-state index is -1.79. The van der Waals surface area contributed by atoms with Gasteiger partial charge < -0.3 is 47.0 Å². The molecule has 0 saturated carbocycles. The first-order valence-corrected chi connectivity index (χ1v) is 12.3. The van der Waals surface area contributed by atoms with E-state index in [0.717, 1.165) is 10.9 Å². The second kappa shape index (κ2) is 13.7. The summed E-state index contributed by atoms with van der Waals surface area (Å²) >= 11 is 0. The van der Waals surface area contributed by atoms with E-state index in [1.54, 1.807) is 12.3 Å². The number of H-pyrrole nitrogens is 2. The average Bonchev–Trinajstić information content (AvgIpc) is 3.57. The summed E-state index contributed by atoms with van der Waals surface area (Å²) in [6.07, 6.45) is 2.27. The Kier molecular flexibility index (Phi) is 10.1. The average molecular weight is 572 g/mol. The van der Waals surface area contributed by atoms with E-state index >= 15 is 0 Å². The number of nitrogens with zero attached hydrogens (tertiary/aromatic N) is 1. The van der Waals surface area contributed by atoms with Gasteiger partial charge in [-0.25, -0.2) is 9.78 Å². The Morgan fingerprint density at radius 2 is 1.39 bits per heavy atom. The van der Waals surface area contributed by atoms with Crippen molar-refractivity contribution in [2.75, 3.05) is 0 Å². The minimum Gasteiger partial charge on any atom is -0.481 e. The van der Waals surface area contributed by atoms with Gasteiger partial charge in [-0.1, -0.05) is 18.2 Å². The molecule has 0 radical (unpaired) electrons. The molecule has 2 heterocycles. The van der Waals surface area contributed by atoms with Crippen LogP contribution in [0.15, 0.2) is 43.0 Å². The molecule has 10 N–H and O–H groups in total. The number of nitrogens with two attached hydrogens (primary N) is 1. The molecule has 1 aromatic carbocycles. The fourth-order valence-corrected chi connectivity index (χ4v) is 4.04. The second-order valence-corrected chi connectivity index (χ2v) is 9.17. The molecule has 0 aliphatic heterocycles. The first-order valence-electron chi connectivity index (χ1n) is 12.3. The van der Waals surface area contributed by atoms with Crippen LogP contribution in [0.25, 0.3) is 10.9 Å². The number of carboxylic acids is 3. The molecule has 3 aromatic rings. The van der Waals surface area contributed by atoms with E-state index in [4.69, 9.17) is 5.73 Å². The molecule has 2 aromatic heterocycles. The van der Waals surface area contributed by atoms with Crippen LogP contribution >= 0.6 is 0 Å². The lowest BCUT2D eigenvalue weighted by atomic mass is 10.0. The van der Waals surface area contributed by atoms with Crippen molar-refractivity contribution in [2.45, 2.75) is 49.9 Å². The number of nitrogens with one attached hydrogen (secondary N) is 5. The third kappa shape index (κ3) is 8.62. The van der Waals surface area contributed by atoms with E-state index in [9.17, 15) is 44.1 Å². The van der Waals surface area contributed by atoms with Crippen molar-refractivity contribution < 1.29 is 44.1 Å². The fraction of sp³-hybridized carbons (Fsp3) is 0.320. The Bertz CT molecular complexity index is 1420. The van der Waals surface area contributed by atoms with Gasteiger partial charge in [0.15, 0.2) is 0 Å². The zero-order chi connectivity index (χ0) is 30.1. The van der Waals surface area contributed by atoms with Crippen molar-refractivity contribution in [1.29, 1.82) is 0 Å². The van der Waals surface area contributed by atoms with Gasteiger partial charge in [0, 0.05) is 35.4 Å². The quantitative estimate of drug-likeness (QED) is 0.101. The molecular weight excluding hydrogens is 542 g/mol. The largest absolute Gasteiger partial charge is 0.481 e. The van der Waals surface area contributed by atoms with Gasteiger partial charge in [0.05, 0.1) is 25.2 Å². The van der Waals surface area contributed by atoms with E-state index in [1.165, 1.54) is 12.5 Å². The van der Waals surface area contributed by atoms with Gasteiger partial charge in [0.25, 0.3) is 0 Å². The van der Waals surface area contributed by atoms with Gasteiger partial charge in [0.2, 0.25) is 17.7 Å². The van der Waals surface area contributed by atoms with Gasteiger partial charge >= 0.3 is 17.9 Å². The van der Waals surface area contributed by atoms with Crippen molar-refractivity contribution in [1.82, 2.24) is 30.9 Å². The molecule has 0 aliphatic rings. The summed E-state index contributed by atoms with van der Waals surface area (Å²) in [4.78, 5) is 82.5. The lowest BCUT2D eigenvalue weighted by Crippen LogP contribution is -2.58. The Balaban J connectivity index is 1.70. The van der Waals surface area contributed by atoms with Crippen LogP contribution in [0.2, 0.25) is 0 Å². The number of fused-ring (bicyclic) bond motifs is 1. The zero-order valence-electron chi connectivity index (χ0n) is 21.5. The molecule has 0 spiro atoms. The summed E-state index contributed by atoms with van der Waals surface area (Å²) < 4.78 is 0. The molecule has 0 bridgehead atoms. The number of imidazole rings is 1. The van der Waals surface area contributed by atoms with Crippen LogP contribution in [0.4, 0.5) is 0 Å². The summed E-state index contributed by atoms with van der Waals surface area (Å²) in [5.74, 6) is -7.60. The van der Waals surface area contributed by atoms with Gasteiger partial charge in [-0.2, -0.15) is 0 Å². The molecule has 41 heavy (non-hydrogen) atoms. The number of hydrogen-bond donors (Lipinski definition) is 9. The van der Waals surface area contributed by atoms with E-state index in [0.29, 0.717) is 11.3 Å². The van der Waals surface area contributed by atoms with Gasteiger partial charge in [-0.05, 0) is 18.1 Å². The SMILES string of the molecule is NC(Cc1c[nH]c2ccccc12)C(=O)NC(CC(=O)O)C(=O)NC(CC(=O)O)C(=O)NC(Cc1cnc[nH]1)C(=O)O. The predicted octanol–water partition coefficient (Wildman–Crippen LogP) is -1.51. The number of para-hydroxylation sites is 1. The summed E-state index contributed by atoms with van der Waals surface area (Å²) in [5.41, 5.74) is 7.92. The standard InChI is InChI=1S/C25H29N7O9/c26-15(5-12-9-28-16-4-2-1-3-14(12)16)22(37)30-17(7-20(33)34)23(38)31-18(8-21(35)36)24(39)32-19(25(40)41)6-13-10-27-11-29-13/h1-4,9-11,15,17-19,28H,5-8,26H2,(H,27,29)(H,30,37)(H,31,38)(H,32,39)(H,33,34)(H,35,36)(H,40,41). The van der Waals surface area contributed by atoms with Crippen LogP contribution in [-0.2, 0) is 41.6 Å². The smallest absolute Gasteiger partial charge is 0.326 e. The van der Waals surface area contributed by atoms with Crippen molar-refractivity contribution in [3.63, 3.8) is 0 Å². The first-order chi connectivity index (χ1) is 19.4. The normalized spacial score (nSPS) is 13.9. The molecular formula is C25H29N7O9. The van der Waals surface area contributed by atoms with E-state index < -0.39 is 72.6 Å². The highest BCUT2D eigenvalue weighted by Crippen LogP contribution is 2.18. The summed E-state index contributed by atoms with van der Waals surface area (Å²) in [6, 6.07) is 1.07. The molecule has 3 amide bonds. The Morgan fingerprint density at radius 3 is 1.95 bits per heavy atom. The number of aliphatic carboxylic acids is 3. The second-order valence-electron chi connectivity index (χ2n) is 9.17. The molecule has 3 rings (SSSR count). The van der Waals surface area contributed by atoms with Crippen LogP contribution in [0.3, 0.4) is 0 Å². The highest BCUT2D eigenvalue weighted by molar-refractivity contribution is 5.97. The summed E-state index contributed by atoms with van der Waals surface area (Å²) in [6.45, 7) is 0.